The second kappa shape index (κ2) is 6.45. The quantitative estimate of drug-likeness (QED) is 0.652. The SMILES string of the molecule is O=C(O)Cn1cc(C(=O)NCCCn2cccn2)nn1. The van der Waals surface area contributed by atoms with E-state index in [1.54, 1.807) is 10.9 Å². The fraction of sp³-hybridized carbons (Fsp3) is 0.364. The summed E-state index contributed by atoms with van der Waals surface area (Å²) in [7, 11) is 0. The molecular weight excluding hydrogens is 264 g/mol. The average molecular weight is 278 g/mol. The molecule has 0 saturated carbocycles. The predicted octanol–water partition coefficient (Wildman–Crippen LogP) is -0.621. The van der Waals surface area contributed by atoms with Crippen LogP contribution in [0.1, 0.15) is 16.9 Å². The number of amides is 1. The molecule has 0 aromatic carbocycles. The van der Waals surface area contributed by atoms with E-state index in [0.29, 0.717) is 13.1 Å². The summed E-state index contributed by atoms with van der Waals surface area (Å²) in [6.45, 7) is 0.864. The highest BCUT2D eigenvalue weighted by Crippen LogP contribution is 1.94. The van der Waals surface area contributed by atoms with E-state index >= 15 is 0 Å². The molecule has 0 saturated heterocycles. The molecule has 0 spiro atoms. The molecule has 0 aliphatic heterocycles. The van der Waals surface area contributed by atoms with Crippen molar-refractivity contribution >= 4 is 11.9 Å². The smallest absolute Gasteiger partial charge is 0.325 e. The topological polar surface area (TPSA) is 115 Å². The zero-order valence-electron chi connectivity index (χ0n) is 10.6. The van der Waals surface area contributed by atoms with Gasteiger partial charge in [-0.3, -0.25) is 14.3 Å². The van der Waals surface area contributed by atoms with Crippen LogP contribution in [0.2, 0.25) is 0 Å². The molecule has 0 radical (unpaired) electrons. The minimum absolute atomic E-state index is 0.102. The Kier molecular flexibility index (Phi) is 4.43. The number of carboxylic acids is 1. The van der Waals surface area contributed by atoms with Crippen molar-refractivity contribution in [2.75, 3.05) is 6.54 Å². The van der Waals surface area contributed by atoms with Gasteiger partial charge in [-0.05, 0) is 12.5 Å². The fourth-order valence-corrected chi connectivity index (χ4v) is 1.58. The third-order valence-corrected chi connectivity index (χ3v) is 2.48. The van der Waals surface area contributed by atoms with Crippen molar-refractivity contribution < 1.29 is 14.7 Å². The van der Waals surface area contributed by atoms with E-state index in [4.69, 9.17) is 5.11 Å². The first-order chi connectivity index (χ1) is 9.65. The number of carboxylic acid groups (broad SMARTS) is 1. The average Bonchev–Trinajstić information content (AvgIpc) is 3.04. The van der Waals surface area contributed by atoms with E-state index in [0.717, 1.165) is 11.1 Å². The van der Waals surface area contributed by atoms with Crippen LogP contribution in [0.5, 0.6) is 0 Å². The van der Waals surface area contributed by atoms with Gasteiger partial charge in [-0.2, -0.15) is 5.10 Å². The first-order valence-corrected chi connectivity index (χ1v) is 6.02. The summed E-state index contributed by atoms with van der Waals surface area (Å²) < 4.78 is 2.87. The summed E-state index contributed by atoms with van der Waals surface area (Å²) in [6.07, 6.45) is 5.58. The van der Waals surface area contributed by atoms with Crippen LogP contribution < -0.4 is 5.32 Å². The van der Waals surface area contributed by atoms with Crippen molar-refractivity contribution in [2.24, 2.45) is 0 Å². The molecule has 0 bridgehead atoms. The number of nitrogens with one attached hydrogen (secondary N) is 1. The molecule has 0 aliphatic carbocycles. The lowest BCUT2D eigenvalue weighted by molar-refractivity contribution is -0.137. The van der Waals surface area contributed by atoms with Crippen LogP contribution in [0.15, 0.2) is 24.7 Å². The number of carbonyl (C=O) groups is 2. The van der Waals surface area contributed by atoms with E-state index in [9.17, 15) is 9.59 Å². The summed E-state index contributed by atoms with van der Waals surface area (Å²) >= 11 is 0. The van der Waals surface area contributed by atoms with Crippen molar-refractivity contribution in [3.63, 3.8) is 0 Å². The summed E-state index contributed by atoms with van der Waals surface area (Å²) in [5.74, 6) is -1.41. The van der Waals surface area contributed by atoms with Crippen molar-refractivity contribution in [2.45, 2.75) is 19.5 Å². The van der Waals surface area contributed by atoms with Crippen LogP contribution >= 0.6 is 0 Å². The van der Waals surface area contributed by atoms with E-state index < -0.39 is 5.97 Å². The zero-order chi connectivity index (χ0) is 14.4. The number of rotatable bonds is 7. The van der Waals surface area contributed by atoms with Gasteiger partial charge in [0.05, 0.1) is 6.20 Å². The summed E-state index contributed by atoms with van der Waals surface area (Å²) in [5, 5.41) is 22.5. The minimum Gasteiger partial charge on any atom is -0.480 e. The van der Waals surface area contributed by atoms with E-state index in [1.165, 1.54) is 6.20 Å². The largest absolute Gasteiger partial charge is 0.480 e. The van der Waals surface area contributed by atoms with Crippen molar-refractivity contribution in [3.05, 3.63) is 30.4 Å². The number of aliphatic carboxylic acids is 1. The van der Waals surface area contributed by atoms with Gasteiger partial charge >= 0.3 is 5.97 Å². The molecule has 2 N–H and O–H groups in total. The molecule has 0 unspecified atom stereocenters. The Balaban J connectivity index is 1.74. The fourth-order valence-electron chi connectivity index (χ4n) is 1.58. The summed E-state index contributed by atoms with van der Waals surface area (Å²) in [4.78, 5) is 22.2. The molecule has 106 valence electrons. The molecule has 9 nitrogen and oxygen atoms in total. The van der Waals surface area contributed by atoms with Gasteiger partial charge in [-0.1, -0.05) is 5.21 Å². The number of hydrogen-bond donors (Lipinski definition) is 2. The standard InChI is InChI=1S/C11H14N6O3/c18-10(19)8-17-7-9(14-15-17)11(20)12-3-1-5-16-6-2-4-13-16/h2,4,6-7H,1,3,5,8H2,(H,12,20)(H,18,19). The second-order valence-corrected chi connectivity index (χ2v) is 4.07. The highest BCUT2D eigenvalue weighted by Gasteiger charge is 2.11. The van der Waals surface area contributed by atoms with Crippen LogP contribution in [-0.4, -0.2) is 48.3 Å². The second-order valence-electron chi connectivity index (χ2n) is 4.07. The molecule has 0 fully saturated rings. The monoisotopic (exact) mass is 278 g/mol. The van der Waals surface area contributed by atoms with Crippen LogP contribution in [0.3, 0.4) is 0 Å². The predicted molar refractivity (Wildman–Crippen MR) is 66.8 cm³/mol. The van der Waals surface area contributed by atoms with Gasteiger partial charge in [-0.25, -0.2) is 4.68 Å². The lowest BCUT2D eigenvalue weighted by Gasteiger charge is -2.03. The summed E-state index contributed by atoms with van der Waals surface area (Å²) in [6, 6.07) is 1.83. The third-order valence-electron chi connectivity index (χ3n) is 2.48. The Morgan fingerprint density at radius 2 is 2.20 bits per heavy atom. The van der Waals surface area contributed by atoms with Crippen LogP contribution in [0, 0.1) is 0 Å². The Bertz CT molecular complexity index is 577. The van der Waals surface area contributed by atoms with Crippen molar-refractivity contribution in [1.82, 2.24) is 30.1 Å². The zero-order valence-corrected chi connectivity index (χ0v) is 10.6. The maximum Gasteiger partial charge on any atom is 0.325 e. The van der Waals surface area contributed by atoms with E-state index in [-0.39, 0.29) is 18.1 Å². The number of nitrogens with zero attached hydrogens (tertiary/aromatic N) is 5. The molecule has 2 aromatic heterocycles. The maximum atomic E-state index is 11.7. The number of hydrogen-bond acceptors (Lipinski definition) is 5. The molecule has 1 amide bonds. The van der Waals surface area contributed by atoms with Crippen LogP contribution in [0.4, 0.5) is 0 Å². The van der Waals surface area contributed by atoms with Crippen molar-refractivity contribution in [3.8, 4) is 0 Å². The number of aromatic nitrogens is 5. The van der Waals surface area contributed by atoms with E-state index in [1.807, 2.05) is 12.3 Å². The van der Waals surface area contributed by atoms with Gasteiger partial charge in [0, 0.05) is 25.5 Å². The minimum atomic E-state index is -1.04. The Labute approximate surface area is 114 Å². The van der Waals surface area contributed by atoms with Gasteiger partial charge in [0.2, 0.25) is 0 Å². The maximum absolute atomic E-state index is 11.7. The molecule has 9 heteroatoms. The summed E-state index contributed by atoms with van der Waals surface area (Å²) in [5.41, 5.74) is 0.102. The lowest BCUT2D eigenvalue weighted by atomic mass is 10.4. The first-order valence-electron chi connectivity index (χ1n) is 6.02. The molecular formula is C11H14N6O3. The highest BCUT2D eigenvalue weighted by molar-refractivity contribution is 5.91. The Morgan fingerprint density at radius 1 is 1.35 bits per heavy atom. The first kappa shape index (κ1) is 13.7. The van der Waals surface area contributed by atoms with Gasteiger partial charge in [0.1, 0.15) is 6.54 Å². The van der Waals surface area contributed by atoms with Gasteiger partial charge in [-0.15, -0.1) is 5.10 Å². The Morgan fingerprint density at radius 3 is 2.90 bits per heavy atom. The molecule has 2 heterocycles. The van der Waals surface area contributed by atoms with Gasteiger partial charge in [0.25, 0.3) is 5.91 Å². The molecule has 0 aliphatic rings. The van der Waals surface area contributed by atoms with Crippen LogP contribution in [0.25, 0.3) is 0 Å². The van der Waals surface area contributed by atoms with Crippen LogP contribution in [-0.2, 0) is 17.9 Å². The highest BCUT2D eigenvalue weighted by atomic mass is 16.4. The lowest BCUT2D eigenvalue weighted by Crippen LogP contribution is -2.25. The van der Waals surface area contributed by atoms with Gasteiger partial charge in [0.15, 0.2) is 5.69 Å². The number of aryl methyl sites for hydroxylation is 1. The molecule has 2 aromatic rings. The molecule has 20 heavy (non-hydrogen) atoms. The normalized spacial score (nSPS) is 10.4. The van der Waals surface area contributed by atoms with Crippen molar-refractivity contribution in [1.29, 1.82) is 0 Å². The van der Waals surface area contributed by atoms with Gasteiger partial charge < -0.3 is 10.4 Å². The molecule has 0 atom stereocenters. The molecule has 2 rings (SSSR count). The Hall–Kier alpha value is -2.71. The van der Waals surface area contributed by atoms with E-state index in [2.05, 4.69) is 20.7 Å². The third kappa shape index (κ3) is 3.90. The number of carbonyl (C=O) groups excluding carboxylic acids is 1.